The predicted octanol–water partition coefficient (Wildman–Crippen LogP) is 2.56. The fraction of sp³-hybridized carbons (Fsp3) is 0.286. The first-order valence-corrected chi connectivity index (χ1v) is 6.24. The summed E-state index contributed by atoms with van der Waals surface area (Å²) in [5.41, 5.74) is 8.22. The molecule has 1 unspecified atom stereocenters. The summed E-state index contributed by atoms with van der Waals surface area (Å²) >= 11 is 0. The minimum atomic E-state index is -0.857. The summed E-state index contributed by atoms with van der Waals surface area (Å²) in [5, 5.41) is 13.4. The van der Waals surface area contributed by atoms with Crippen LogP contribution in [0, 0.1) is 0 Å². The van der Waals surface area contributed by atoms with Gasteiger partial charge in [0.15, 0.2) is 0 Å². The first-order chi connectivity index (χ1) is 9.11. The van der Waals surface area contributed by atoms with E-state index in [9.17, 15) is 9.90 Å². The van der Waals surface area contributed by atoms with Crippen LogP contribution in [0.2, 0.25) is 0 Å². The number of hydrogen-bond acceptors (Lipinski definition) is 3. The summed E-state index contributed by atoms with van der Waals surface area (Å²) in [6, 6.07) is 6.83. The molecule has 100 valence electrons. The van der Waals surface area contributed by atoms with Crippen LogP contribution in [-0.2, 0) is 4.79 Å². The van der Waals surface area contributed by atoms with Crippen molar-refractivity contribution in [1.29, 1.82) is 0 Å². The lowest BCUT2D eigenvalue weighted by Crippen LogP contribution is -2.19. The largest absolute Gasteiger partial charge is 0.480 e. The Balaban J connectivity index is 2.30. The fourth-order valence-corrected chi connectivity index (χ4v) is 2.02. The van der Waals surface area contributed by atoms with Gasteiger partial charge in [0.1, 0.15) is 6.04 Å². The summed E-state index contributed by atoms with van der Waals surface area (Å²) in [7, 11) is 0. The lowest BCUT2D eigenvalue weighted by molar-refractivity contribution is -0.141. The van der Waals surface area contributed by atoms with Gasteiger partial charge in [0.25, 0.3) is 0 Å². The molecule has 0 radical (unpaired) electrons. The zero-order valence-electron chi connectivity index (χ0n) is 10.8. The van der Waals surface area contributed by atoms with Crippen molar-refractivity contribution in [2.24, 2.45) is 0 Å². The van der Waals surface area contributed by atoms with E-state index in [0.717, 1.165) is 17.5 Å². The number of carbonyl (C=O) groups is 1. The average Bonchev–Trinajstić information content (AvgIpc) is 2.84. The highest BCUT2D eigenvalue weighted by molar-refractivity contribution is 5.72. The van der Waals surface area contributed by atoms with Crippen LogP contribution in [0.5, 0.6) is 0 Å². The molecule has 0 saturated carbocycles. The summed E-state index contributed by atoms with van der Waals surface area (Å²) in [5.74, 6) is -0.857. The highest BCUT2D eigenvalue weighted by Gasteiger charge is 2.19. The third-order valence-corrected chi connectivity index (χ3v) is 2.99. The van der Waals surface area contributed by atoms with Gasteiger partial charge in [-0.3, -0.25) is 4.68 Å². The van der Waals surface area contributed by atoms with E-state index >= 15 is 0 Å². The molecule has 2 rings (SSSR count). The number of aromatic nitrogens is 2. The van der Waals surface area contributed by atoms with Crippen LogP contribution in [0.3, 0.4) is 0 Å². The molecule has 2 aromatic rings. The number of aliphatic carboxylic acids is 1. The van der Waals surface area contributed by atoms with Crippen molar-refractivity contribution >= 4 is 11.7 Å². The van der Waals surface area contributed by atoms with E-state index in [4.69, 9.17) is 5.73 Å². The zero-order valence-corrected chi connectivity index (χ0v) is 10.8. The fourth-order valence-electron chi connectivity index (χ4n) is 2.02. The van der Waals surface area contributed by atoms with Gasteiger partial charge in [-0.25, -0.2) is 4.79 Å². The maximum atomic E-state index is 11.2. The summed E-state index contributed by atoms with van der Waals surface area (Å²) in [6.45, 7) is 1.96. The van der Waals surface area contributed by atoms with E-state index < -0.39 is 12.0 Å². The third kappa shape index (κ3) is 2.93. The molecule has 5 heteroatoms. The molecule has 1 atom stereocenters. The van der Waals surface area contributed by atoms with Crippen LogP contribution in [0.4, 0.5) is 5.69 Å². The van der Waals surface area contributed by atoms with E-state index in [1.807, 2.05) is 31.2 Å². The van der Waals surface area contributed by atoms with Gasteiger partial charge in [0.05, 0.1) is 6.20 Å². The molecule has 19 heavy (non-hydrogen) atoms. The second-order valence-corrected chi connectivity index (χ2v) is 4.48. The second-order valence-electron chi connectivity index (χ2n) is 4.48. The van der Waals surface area contributed by atoms with Crippen LogP contribution < -0.4 is 5.73 Å². The average molecular weight is 259 g/mol. The van der Waals surface area contributed by atoms with Crippen LogP contribution in [0.25, 0.3) is 11.1 Å². The van der Waals surface area contributed by atoms with Crippen LogP contribution in [0.15, 0.2) is 36.7 Å². The van der Waals surface area contributed by atoms with Gasteiger partial charge in [0.2, 0.25) is 0 Å². The van der Waals surface area contributed by atoms with Crippen molar-refractivity contribution in [2.45, 2.75) is 25.8 Å². The van der Waals surface area contributed by atoms with E-state index in [1.54, 1.807) is 12.4 Å². The van der Waals surface area contributed by atoms with Crippen molar-refractivity contribution < 1.29 is 9.90 Å². The molecule has 0 fully saturated rings. The number of benzene rings is 1. The Labute approximate surface area is 111 Å². The Bertz CT molecular complexity index is 578. The van der Waals surface area contributed by atoms with Crippen molar-refractivity contribution in [3.8, 4) is 11.1 Å². The van der Waals surface area contributed by atoms with Gasteiger partial charge in [-0.1, -0.05) is 25.5 Å². The standard InChI is InChI=1S/C14H17N3O2/c1-2-4-13(14(18)19)17-9-11(8-16-17)10-5-3-6-12(15)7-10/h3,5-9,13H,2,4,15H2,1H3,(H,18,19). The van der Waals surface area contributed by atoms with E-state index in [0.29, 0.717) is 12.1 Å². The third-order valence-electron chi connectivity index (χ3n) is 2.99. The van der Waals surface area contributed by atoms with Gasteiger partial charge in [0, 0.05) is 17.4 Å². The first kappa shape index (κ1) is 13.1. The molecule has 1 aromatic carbocycles. The molecular formula is C14H17N3O2. The normalized spacial score (nSPS) is 12.3. The molecule has 0 spiro atoms. The monoisotopic (exact) mass is 259 g/mol. The Hall–Kier alpha value is -2.30. The molecule has 0 aliphatic carbocycles. The maximum Gasteiger partial charge on any atom is 0.328 e. The quantitative estimate of drug-likeness (QED) is 0.808. The lowest BCUT2D eigenvalue weighted by Gasteiger charge is -2.11. The Morgan fingerprint density at radius 2 is 2.26 bits per heavy atom. The van der Waals surface area contributed by atoms with Crippen molar-refractivity contribution in [2.75, 3.05) is 5.73 Å². The van der Waals surface area contributed by atoms with E-state index in [2.05, 4.69) is 5.10 Å². The molecule has 1 aromatic heterocycles. The molecule has 3 N–H and O–H groups in total. The number of nitrogens with zero attached hydrogens (tertiary/aromatic N) is 2. The Morgan fingerprint density at radius 1 is 1.47 bits per heavy atom. The summed E-state index contributed by atoms with van der Waals surface area (Å²) in [6.07, 6.45) is 4.78. The number of nitrogens with two attached hydrogens (primary N) is 1. The topological polar surface area (TPSA) is 81.1 Å². The van der Waals surface area contributed by atoms with Gasteiger partial charge >= 0.3 is 5.97 Å². The molecule has 5 nitrogen and oxygen atoms in total. The lowest BCUT2D eigenvalue weighted by atomic mass is 10.1. The second kappa shape index (κ2) is 5.56. The number of rotatable bonds is 5. The van der Waals surface area contributed by atoms with Crippen molar-refractivity contribution in [3.05, 3.63) is 36.7 Å². The summed E-state index contributed by atoms with van der Waals surface area (Å²) in [4.78, 5) is 11.2. The number of anilines is 1. The Morgan fingerprint density at radius 3 is 2.89 bits per heavy atom. The molecular weight excluding hydrogens is 242 g/mol. The van der Waals surface area contributed by atoms with Gasteiger partial charge in [-0.05, 0) is 24.1 Å². The van der Waals surface area contributed by atoms with Gasteiger partial charge in [-0.15, -0.1) is 0 Å². The number of hydrogen-bond donors (Lipinski definition) is 2. The molecule has 0 amide bonds. The molecule has 1 heterocycles. The van der Waals surface area contributed by atoms with E-state index in [-0.39, 0.29) is 0 Å². The predicted molar refractivity (Wildman–Crippen MR) is 73.7 cm³/mol. The SMILES string of the molecule is CCCC(C(=O)O)n1cc(-c2cccc(N)c2)cn1. The number of carboxylic acids is 1. The number of nitrogen functional groups attached to an aromatic ring is 1. The van der Waals surface area contributed by atoms with Crippen molar-refractivity contribution in [1.82, 2.24) is 9.78 Å². The molecule has 0 bridgehead atoms. The Kier molecular flexibility index (Phi) is 3.85. The van der Waals surface area contributed by atoms with Gasteiger partial charge < -0.3 is 10.8 Å². The van der Waals surface area contributed by atoms with Crippen molar-refractivity contribution in [3.63, 3.8) is 0 Å². The van der Waals surface area contributed by atoms with Crippen LogP contribution in [-0.4, -0.2) is 20.9 Å². The van der Waals surface area contributed by atoms with Gasteiger partial charge in [-0.2, -0.15) is 5.10 Å². The number of carboxylic acid groups (broad SMARTS) is 1. The smallest absolute Gasteiger partial charge is 0.328 e. The summed E-state index contributed by atoms with van der Waals surface area (Å²) < 4.78 is 1.50. The molecule has 0 aliphatic heterocycles. The first-order valence-electron chi connectivity index (χ1n) is 6.24. The zero-order chi connectivity index (χ0) is 13.8. The molecule has 0 aliphatic rings. The molecule has 0 saturated heterocycles. The van der Waals surface area contributed by atoms with E-state index in [1.165, 1.54) is 4.68 Å². The van der Waals surface area contributed by atoms with Crippen LogP contribution in [0.1, 0.15) is 25.8 Å². The maximum absolute atomic E-state index is 11.2. The minimum Gasteiger partial charge on any atom is -0.480 e. The van der Waals surface area contributed by atoms with Crippen LogP contribution >= 0.6 is 0 Å². The highest BCUT2D eigenvalue weighted by atomic mass is 16.4. The highest BCUT2D eigenvalue weighted by Crippen LogP contribution is 2.23. The minimum absolute atomic E-state index is 0.563.